The van der Waals surface area contributed by atoms with Gasteiger partial charge in [0.05, 0.1) is 54.6 Å². The van der Waals surface area contributed by atoms with Crippen molar-refractivity contribution >= 4 is 17.4 Å². The predicted molar refractivity (Wildman–Crippen MR) is 152 cm³/mol. The van der Waals surface area contributed by atoms with Gasteiger partial charge in [0.2, 0.25) is 11.5 Å². The Morgan fingerprint density at radius 2 is 1.56 bits per heavy atom. The molecule has 1 aliphatic heterocycles. The van der Waals surface area contributed by atoms with E-state index in [4.69, 9.17) is 18.9 Å². The Balaban J connectivity index is 1.74. The lowest BCUT2D eigenvalue weighted by Crippen LogP contribution is -3.06. The second kappa shape index (κ2) is 12.8. The molecule has 1 aliphatic rings. The summed E-state index contributed by atoms with van der Waals surface area (Å²) in [5.41, 5.74) is 2.85. The van der Waals surface area contributed by atoms with E-state index in [1.54, 1.807) is 36.4 Å². The monoisotopic (exact) mass is 560 g/mol. The molecule has 9 heteroatoms. The minimum atomic E-state index is -0.924. The third-order valence-electron chi connectivity index (χ3n) is 7.16. The van der Waals surface area contributed by atoms with Crippen molar-refractivity contribution in [3.8, 4) is 23.0 Å². The summed E-state index contributed by atoms with van der Waals surface area (Å²) in [7, 11) is 8.37. The highest BCUT2D eigenvalue weighted by Gasteiger charge is 2.45. The van der Waals surface area contributed by atoms with E-state index < -0.39 is 23.5 Å². The van der Waals surface area contributed by atoms with Crippen molar-refractivity contribution < 1.29 is 38.5 Å². The summed E-state index contributed by atoms with van der Waals surface area (Å²) in [4.78, 5) is 29.2. The largest absolute Gasteiger partial charge is 0.872 e. The number of methoxy groups -OCH3 is 3. The fourth-order valence-corrected chi connectivity index (χ4v) is 4.84. The summed E-state index contributed by atoms with van der Waals surface area (Å²) >= 11 is 0. The van der Waals surface area contributed by atoms with E-state index in [9.17, 15) is 14.7 Å². The molecule has 41 heavy (non-hydrogen) atoms. The molecule has 1 unspecified atom stereocenters. The van der Waals surface area contributed by atoms with Crippen molar-refractivity contribution in [2.75, 3.05) is 48.5 Å². The van der Waals surface area contributed by atoms with Gasteiger partial charge in [0.25, 0.3) is 5.91 Å². The molecule has 9 nitrogen and oxygen atoms in total. The maximum atomic E-state index is 13.9. The highest BCUT2D eigenvalue weighted by Crippen LogP contribution is 2.45. The molecule has 0 saturated carbocycles. The fourth-order valence-electron chi connectivity index (χ4n) is 4.84. The molecule has 1 atom stereocenters. The Morgan fingerprint density at radius 1 is 0.927 bits per heavy atom. The van der Waals surface area contributed by atoms with Crippen LogP contribution in [0.2, 0.25) is 0 Å². The lowest BCUT2D eigenvalue weighted by molar-refractivity contribution is -0.857. The van der Waals surface area contributed by atoms with Gasteiger partial charge >= 0.3 is 0 Å². The third-order valence-corrected chi connectivity index (χ3v) is 7.16. The van der Waals surface area contributed by atoms with Crippen molar-refractivity contribution in [2.24, 2.45) is 0 Å². The van der Waals surface area contributed by atoms with Crippen LogP contribution in [0.25, 0.3) is 5.76 Å². The normalized spacial score (nSPS) is 16.3. The van der Waals surface area contributed by atoms with Gasteiger partial charge in [-0.1, -0.05) is 42.2 Å². The number of rotatable bonds is 11. The Hall–Kier alpha value is -4.50. The predicted octanol–water partition coefficient (Wildman–Crippen LogP) is 1.97. The molecule has 4 rings (SSSR count). The molecule has 0 aromatic heterocycles. The molecule has 3 aromatic rings. The van der Waals surface area contributed by atoms with Gasteiger partial charge in [0.15, 0.2) is 11.5 Å². The summed E-state index contributed by atoms with van der Waals surface area (Å²) in [6.45, 7) is 3.26. The van der Waals surface area contributed by atoms with Crippen LogP contribution in [0.1, 0.15) is 28.3 Å². The third kappa shape index (κ3) is 6.15. The summed E-state index contributed by atoms with van der Waals surface area (Å²) < 4.78 is 22.4. The Kier molecular flexibility index (Phi) is 9.19. The number of amides is 1. The molecular weight excluding hydrogens is 524 g/mol. The quantitative estimate of drug-likeness (QED) is 0.217. The van der Waals surface area contributed by atoms with E-state index in [1.807, 2.05) is 45.3 Å². The molecule has 0 bridgehead atoms. The van der Waals surface area contributed by atoms with E-state index >= 15 is 0 Å². The number of benzene rings is 3. The number of carbonyl (C=O) groups is 2. The first kappa shape index (κ1) is 29.5. The minimum Gasteiger partial charge on any atom is -0.872 e. The van der Waals surface area contributed by atoms with Crippen molar-refractivity contribution in [3.63, 3.8) is 0 Å². The maximum Gasteiger partial charge on any atom is 0.295 e. The highest BCUT2D eigenvalue weighted by molar-refractivity contribution is 6.46. The lowest BCUT2D eigenvalue weighted by Gasteiger charge is -2.28. The molecular formula is C32H36N2O7. The van der Waals surface area contributed by atoms with Gasteiger partial charge in [-0.05, 0) is 53.4 Å². The van der Waals surface area contributed by atoms with E-state index in [0.29, 0.717) is 41.7 Å². The summed E-state index contributed by atoms with van der Waals surface area (Å²) in [5.74, 6) is -0.392. The van der Waals surface area contributed by atoms with Gasteiger partial charge < -0.3 is 33.9 Å². The van der Waals surface area contributed by atoms with Crippen molar-refractivity contribution in [2.45, 2.75) is 19.6 Å². The van der Waals surface area contributed by atoms with Gasteiger partial charge in [0, 0.05) is 5.57 Å². The minimum absolute atomic E-state index is 0.119. The summed E-state index contributed by atoms with van der Waals surface area (Å²) in [6, 6.07) is 17.0. The topological polar surface area (TPSA) is 102 Å². The lowest BCUT2D eigenvalue weighted by atomic mass is 9.94. The first-order chi connectivity index (χ1) is 19.7. The molecule has 3 aromatic carbocycles. The van der Waals surface area contributed by atoms with E-state index in [2.05, 4.69) is 0 Å². The fraction of sp³-hybridized carbons (Fsp3) is 0.312. The van der Waals surface area contributed by atoms with E-state index in [0.717, 1.165) is 16.0 Å². The number of Topliss-reactive ketones (excluding diaryl/α,β-unsaturated/α-hetero) is 1. The molecule has 1 N–H and O–H groups in total. The van der Waals surface area contributed by atoms with Crippen LogP contribution in [-0.2, 0) is 16.2 Å². The van der Waals surface area contributed by atoms with Crippen LogP contribution < -0.4 is 29.0 Å². The van der Waals surface area contributed by atoms with Crippen LogP contribution in [0.4, 0.5) is 0 Å². The zero-order valence-corrected chi connectivity index (χ0v) is 24.3. The van der Waals surface area contributed by atoms with Crippen molar-refractivity contribution in [3.05, 3.63) is 88.5 Å². The van der Waals surface area contributed by atoms with Gasteiger partial charge in [-0.15, -0.1) is 0 Å². The molecule has 1 fully saturated rings. The number of carbonyl (C=O) groups excluding carboxylic acids is 2. The first-order valence-electron chi connectivity index (χ1n) is 13.3. The summed E-state index contributed by atoms with van der Waals surface area (Å²) in [5, 5.41) is 13.9. The number of nitrogens with one attached hydrogen (secondary N) is 1. The number of aryl methyl sites for hydroxylation is 1. The van der Waals surface area contributed by atoms with Crippen LogP contribution in [0.5, 0.6) is 23.0 Å². The standard InChI is InChI=1S/C32H36N2O7/c1-20-9-7-8-10-22(20)19-41-24-13-11-21(12-14-24)29(35)27-28(34(16-15-33(2)3)32(37)30(27)36)23-17-25(38-4)31(40-6)26(18-23)39-5/h7-14,17-18,28,35H,15-16,19H2,1-6H3/b29-27+. The molecule has 1 heterocycles. The molecule has 0 aliphatic carbocycles. The van der Waals surface area contributed by atoms with E-state index in [-0.39, 0.29) is 17.7 Å². The van der Waals surface area contributed by atoms with Crippen LogP contribution in [0.3, 0.4) is 0 Å². The maximum absolute atomic E-state index is 13.9. The zero-order valence-electron chi connectivity index (χ0n) is 24.3. The molecule has 216 valence electrons. The molecule has 0 radical (unpaired) electrons. The van der Waals surface area contributed by atoms with Crippen LogP contribution in [-0.4, -0.2) is 65.1 Å². The molecule has 1 saturated heterocycles. The average molecular weight is 561 g/mol. The number of nitrogens with zero attached hydrogens (tertiary/aromatic N) is 1. The SMILES string of the molecule is COc1cc(C2/C(=C(\[O-])c3ccc(OCc4ccccc4C)cc3)C(=O)C(=O)N2CC[NH+](C)C)cc(OC)c1OC. The van der Waals surface area contributed by atoms with Gasteiger partial charge in [-0.3, -0.25) is 9.59 Å². The number of ketones is 1. The van der Waals surface area contributed by atoms with Crippen LogP contribution in [0.15, 0.2) is 66.2 Å². The average Bonchev–Trinajstić information content (AvgIpc) is 3.23. The number of hydrogen-bond acceptors (Lipinski definition) is 7. The zero-order chi connectivity index (χ0) is 29.7. The van der Waals surface area contributed by atoms with Crippen LogP contribution in [0, 0.1) is 6.92 Å². The molecule has 1 amide bonds. The molecule has 0 spiro atoms. The Bertz CT molecular complexity index is 1420. The number of likely N-dealkylation sites (N-methyl/N-ethyl adjacent to an activating group) is 1. The smallest absolute Gasteiger partial charge is 0.295 e. The Labute approximate surface area is 240 Å². The van der Waals surface area contributed by atoms with Crippen molar-refractivity contribution in [1.29, 1.82) is 0 Å². The van der Waals surface area contributed by atoms with E-state index in [1.165, 1.54) is 26.2 Å². The van der Waals surface area contributed by atoms with Gasteiger partial charge in [-0.25, -0.2) is 0 Å². The number of ether oxygens (including phenoxy) is 4. The number of hydrogen-bond donors (Lipinski definition) is 1. The van der Waals surface area contributed by atoms with Crippen molar-refractivity contribution in [1.82, 2.24) is 4.90 Å². The number of quaternary nitrogens is 1. The first-order valence-corrected chi connectivity index (χ1v) is 13.3. The second-order valence-electron chi connectivity index (χ2n) is 10.1. The highest BCUT2D eigenvalue weighted by atomic mass is 16.5. The Morgan fingerprint density at radius 3 is 2.12 bits per heavy atom. The number of likely N-dealkylation sites (tertiary alicyclic amines) is 1. The second-order valence-corrected chi connectivity index (χ2v) is 10.1. The summed E-state index contributed by atoms with van der Waals surface area (Å²) in [6.07, 6.45) is 0. The van der Waals surface area contributed by atoms with Gasteiger partial charge in [0.1, 0.15) is 12.4 Å². The van der Waals surface area contributed by atoms with Gasteiger partial charge in [-0.2, -0.15) is 0 Å². The van der Waals surface area contributed by atoms with Crippen LogP contribution >= 0.6 is 0 Å².